The summed E-state index contributed by atoms with van der Waals surface area (Å²) in [5.74, 6) is 0.273. The Bertz CT molecular complexity index is 575. The standard InChI is InChI=1S/C17H24N4O/c1-4-5-14-6-8-15(9-7-14)17(22)19-16(13(2)3)12-21-11-10-18-20-21/h6-11,13,16H,4-5,12H2,1-3H3,(H,19,22)/t16-/m1/s1. The number of hydrogen-bond donors (Lipinski definition) is 1. The molecule has 5 nitrogen and oxygen atoms in total. The number of carbonyl (C=O) groups is 1. The maximum Gasteiger partial charge on any atom is 0.251 e. The van der Waals surface area contributed by atoms with Gasteiger partial charge in [0.25, 0.3) is 5.91 Å². The molecule has 0 aliphatic carbocycles. The van der Waals surface area contributed by atoms with Crippen LogP contribution in [0.25, 0.3) is 0 Å². The first kappa shape index (κ1) is 16.2. The number of nitrogens with zero attached hydrogens (tertiary/aromatic N) is 3. The first-order chi connectivity index (χ1) is 10.6. The topological polar surface area (TPSA) is 59.8 Å². The molecule has 1 atom stereocenters. The Labute approximate surface area is 131 Å². The van der Waals surface area contributed by atoms with Crippen LogP contribution in [0.1, 0.15) is 43.1 Å². The highest BCUT2D eigenvalue weighted by Gasteiger charge is 2.18. The average molecular weight is 300 g/mol. The molecule has 2 aromatic rings. The number of nitrogens with one attached hydrogen (secondary N) is 1. The Morgan fingerprint density at radius 1 is 1.27 bits per heavy atom. The van der Waals surface area contributed by atoms with Gasteiger partial charge in [-0.1, -0.05) is 44.5 Å². The van der Waals surface area contributed by atoms with Gasteiger partial charge in [-0.25, -0.2) is 0 Å². The molecule has 0 spiro atoms. The van der Waals surface area contributed by atoms with Gasteiger partial charge < -0.3 is 5.32 Å². The van der Waals surface area contributed by atoms with E-state index in [1.54, 1.807) is 17.1 Å². The quantitative estimate of drug-likeness (QED) is 0.855. The van der Waals surface area contributed by atoms with Gasteiger partial charge in [0, 0.05) is 11.8 Å². The van der Waals surface area contributed by atoms with Crippen LogP contribution in [0.2, 0.25) is 0 Å². The summed E-state index contributed by atoms with van der Waals surface area (Å²) < 4.78 is 1.75. The number of amides is 1. The van der Waals surface area contributed by atoms with Crippen LogP contribution < -0.4 is 5.32 Å². The van der Waals surface area contributed by atoms with E-state index < -0.39 is 0 Å². The molecule has 0 saturated carbocycles. The molecule has 0 aliphatic rings. The molecule has 0 radical (unpaired) electrons. The zero-order valence-corrected chi connectivity index (χ0v) is 13.5. The summed E-state index contributed by atoms with van der Waals surface area (Å²) in [6.45, 7) is 6.95. The summed E-state index contributed by atoms with van der Waals surface area (Å²) in [6, 6.07) is 7.87. The second-order valence-corrected chi connectivity index (χ2v) is 5.90. The molecule has 0 unspecified atom stereocenters. The van der Waals surface area contributed by atoms with Crippen molar-refractivity contribution in [2.24, 2.45) is 5.92 Å². The monoisotopic (exact) mass is 300 g/mol. The Hall–Kier alpha value is -2.17. The Morgan fingerprint density at radius 2 is 2.00 bits per heavy atom. The first-order valence-electron chi connectivity index (χ1n) is 7.84. The predicted molar refractivity (Wildman–Crippen MR) is 86.6 cm³/mol. The molecule has 1 aromatic carbocycles. The van der Waals surface area contributed by atoms with Crippen molar-refractivity contribution in [1.29, 1.82) is 0 Å². The average Bonchev–Trinajstić information content (AvgIpc) is 3.00. The lowest BCUT2D eigenvalue weighted by molar-refractivity contribution is 0.0919. The summed E-state index contributed by atoms with van der Waals surface area (Å²) in [5, 5.41) is 10.9. The van der Waals surface area contributed by atoms with Crippen molar-refractivity contribution in [3.8, 4) is 0 Å². The maximum absolute atomic E-state index is 12.4. The van der Waals surface area contributed by atoms with Crippen LogP contribution in [-0.4, -0.2) is 26.9 Å². The molecule has 2 rings (SSSR count). The van der Waals surface area contributed by atoms with E-state index >= 15 is 0 Å². The first-order valence-corrected chi connectivity index (χ1v) is 7.84. The van der Waals surface area contributed by atoms with Gasteiger partial charge in [0.05, 0.1) is 18.8 Å². The lowest BCUT2D eigenvalue weighted by Crippen LogP contribution is -2.41. The Balaban J connectivity index is 2.01. The minimum absolute atomic E-state index is 0.0181. The fraction of sp³-hybridized carbons (Fsp3) is 0.471. The van der Waals surface area contributed by atoms with Crippen molar-refractivity contribution < 1.29 is 4.79 Å². The van der Waals surface area contributed by atoms with Crippen LogP contribution in [0, 0.1) is 5.92 Å². The Kier molecular flexibility index (Phi) is 5.69. The van der Waals surface area contributed by atoms with E-state index in [0.717, 1.165) is 12.8 Å². The largest absolute Gasteiger partial charge is 0.347 e. The second kappa shape index (κ2) is 7.73. The highest BCUT2D eigenvalue weighted by atomic mass is 16.1. The minimum atomic E-state index is -0.0399. The smallest absolute Gasteiger partial charge is 0.251 e. The van der Waals surface area contributed by atoms with Crippen LogP contribution in [-0.2, 0) is 13.0 Å². The molecule has 22 heavy (non-hydrogen) atoms. The summed E-state index contributed by atoms with van der Waals surface area (Å²) in [6.07, 6.45) is 5.61. The molecule has 0 saturated heterocycles. The number of benzene rings is 1. The molecule has 0 bridgehead atoms. The van der Waals surface area contributed by atoms with E-state index in [0.29, 0.717) is 18.0 Å². The molecule has 1 heterocycles. The van der Waals surface area contributed by atoms with E-state index in [9.17, 15) is 4.79 Å². The lowest BCUT2D eigenvalue weighted by atomic mass is 10.0. The number of rotatable bonds is 7. The summed E-state index contributed by atoms with van der Waals surface area (Å²) in [7, 11) is 0. The maximum atomic E-state index is 12.4. The molecule has 118 valence electrons. The molecule has 1 N–H and O–H groups in total. The van der Waals surface area contributed by atoms with Crippen molar-refractivity contribution in [3.63, 3.8) is 0 Å². The number of aryl methyl sites for hydroxylation is 1. The van der Waals surface area contributed by atoms with Crippen LogP contribution >= 0.6 is 0 Å². The summed E-state index contributed by atoms with van der Waals surface area (Å²) >= 11 is 0. The van der Waals surface area contributed by atoms with Gasteiger partial charge >= 0.3 is 0 Å². The van der Waals surface area contributed by atoms with E-state index in [4.69, 9.17) is 0 Å². The zero-order valence-electron chi connectivity index (χ0n) is 13.5. The van der Waals surface area contributed by atoms with Crippen molar-refractivity contribution in [3.05, 3.63) is 47.8 Å². The van der Waals surface area contributed by atoms with Gasteiger partial charge in [-0.3, -0.25) is 9.48 Å². The SMILES string of the molecule is CCCc1ccc(C(=O)N[C@H](Cn2ccnn2)C(C)C)cc1. The van der Waals surface area contributed by atoms with E-state index in [1.165, 1.54) is 5.56 Å². The van der Waals surface area contributed by atoms with E-state index in [2.05, 4.69) is 36.4 Å². The van der Waals surface area contributed by atoms with Crippen LogP contribution in [0.3, 0.4) is 0 Å². The van der Waals surface area contributed by atoms with Gasteiger partial charge in [0.2, 0.25) is 0 Å². The van der Waals surface area contributed by atoms with Crippen LogP contribution in [0.4, 0.5) is 0 Å². The summed E-state index contributed by atoms with van der Waals surface area (Å²) in [5.41, 5.74) is 1.96. The zero-order chi connectivity index (χ0) is 15.9. The summed E-state index contributed by atoms with van der Waals surface area (Å²) in [4.78, 5) is 12.4. The van der Waals surface area contributed by atoms with Crippen LogP contribution in [0.5, 0.6) is 0 Å². The fourth-order valence-corrected chi connectivity index (χ4v) is 2.32. The molecule has 5 heteroatoms. The third-order valence-corrected chi connectivity index (χ3v) is 3.73. The predicted octanol–water partition coefficient (Wildman–Crippen LogP) is 2.69. The highest BCUT2D eigenvalue weighted by Crippen LogP contribution is 2.09. The fourth-order valence-electron chi connectivity index (χ4n) is 2.32. The molecule has 1 aromatic heterocycles. The van der Waals surface area contributed by atoms with Crippen LogP contribution in [0.15, 0.2) is 36.7 Å². The van der Waals surface area contributed by atoms with Gasteiger partial charge in [-0.2, -0.15) is 0 Å². The Morgan fingerprint density at radius 3 is 2.55 bits per heavy atom. The van der Waals surface area contributed by atoms with E-state index in [-0.39, 0.29) is 11.9 Å². The van der Waals surface area contributed by atoms with E-state index in [1.807, 2.05) is 24.3 Å². The second-order valence-electron chi connectivity index (χ2n) is 5.90. The van der Waals surface area contributed by atoms with Crippen molar-refractivity contribution >= 4 is 5.91 Å². The number of aromatic nitrogens is 3. The number of hydrogen-bond acceptors (Lipinski definition) is 3. The molecule has 1 amide bonds. The van der Waals surface area contributed by atoms with Crippen molar-refractivity contribution in [2.45, 2.75) is 46.2 Å². The van der Waals surface area contributed by atoms with Gasteiger partial charge in [0.1, 0.15) is 0 Å². The molecular weight excluding hydrogens is 276 g/mol. The molecule has 0 aliphatic heterocycles. The van der Waals surface area contributed by atoms with Crippen molar-refractivity contribution in [1.82, 2.24) is 20.3 Å². The number of carbonyl (C=O) groups excluding carboxylic acids is 1. The van der Waals surface area contributed by atoms with Gasteiger partial charge in [0.15, 0.2) is 0 Å². The van der Waals surface area contributed by atoms with Crippen molar-refractivity contribution in [2.75, 3.05) is 0 Å². The normalized spacial score (nSPS) is 12.4. The van der Waals surface area contributed by atoms with Gasteiger partial charge in [-0.05, 0) is 30.0 Å². The third kappa shape index (κ3) is 4.41. The molecular formula is C17H24N4O. The molecule has 0 fully saturated rings. The minimum Gasteiger partial charge on any atom is -0.347 e. The lowest BCUT2D eigenvalue weighted by Gasteiger charge is -2.22. The van der Waals surface area contributed by atoms with Gasteiger partial charge in [-0.15, -0.1) is 5.10 Å². The highest BCUT2D eigenvalue weighted by molar-refractivity contribution is 5.94. The third-order valence-electron chi connectivity index (χ3n) is 3.73.